The third-order valence-electron chi connectivity index (χ3n) is 2.55. The van der Waals surface area contributed by atoms with Gasteiger partial charge in [-0.1, -0.05) is 0 Å². The van der Waals surface area contributed by atoms with E-state index in [1.54, 1.807) is 0 Å². The Kier molecular flexibility index (Phi) is 4.38. The number of rotatable bonds is 4. The van der Waals surface area contributed by atoms with Crippen LogP contribution >= 0.6 is 0 Å². The number of hydrogen-bond donors (Lipinski definition) is 1. The van der Waals surface area contributed by atoms with Crippen LogP contribution < -0.4 is 5.32 Å². The largest absolute Gasteiger partial charge is 0.381 e. The maximum atomic E-state index is 5.88. The molecule has 0 amide bonds. The topological polar surface area (TPSA) is 30.5 Å². The zero-order chi connectivity index (χ0) is 12.4. The van der Waals surface area contributed by atoms with Gasteiger partial charge in [0, 0.05) is 17.5 Å². The van der Waals surface area contributed by atoms with Crippen LogP contribution in [0.25, 0.3) is 0 Å². The lowest BCUT2D eigenvalue weighted by Gasteiger charge is -2.39. The summed E-state index contributed by atoms with van der Waals surface area (Å²) in [5.41, 5.74) is 0.0594. The van der Waals surface area contributed by atoms with Crippen molar-refractivity contribution in [2.45, 2.75) is 58.7 Å². The number of ether oxygens (including phenoxy) is 2. The summed E-state index contributed by atoms with van der Waals surface area (Å²) in [5, 5.41) is 3.63. The SMILES string of the molecule is CC(C)(C)NC(COC(C)(C)C)C1COC1. The summed E-state index contributed by atoms with van der Waals surface area (Å²) >= 11 is 0. The minimum atomic E-state index is -0.0670. The molecule has 1 rings (SSSR count). The van der Waals surface area contributed by atoms with Gasteiger partial charge in [-0.3, -0.25) is 0 Å². The Balaban J connectivity index is 2.44. The molecule has 1 fully saturated rings. The molecule has 0 aliphatic carbocycles. The maximum absolute atomic E-state index is 5.88. The Labute approximate surface area is 99.9 Å². The van der Waals surface area contributed by atoms with E-state index in [-0.39, 0.29) is 11.1 Å². The molecule has 0 radical (unpaired) electrons. The Hall–Kier alpha value is -0.120. The second-order valence-electron chi connectivity index (χ2n) is 6.72. The van der Waals surface area contributed by atoms with Gasteiger partial charge in [0.25, 0.3) is 0 Å². The highest BCUT2D eigenvalue weighted by Gasteiger charge is 2.32. The average molecular weight is 229 g/mol. The molecule has 0 saturated carbocycles. The third-order valence-corrected chi connectivity index (χ3v) is 2.55. The van der Waals surface area contributed by atoms with Gasteiger partial charge in [-0.25, -0.2) is 0 Å². The first-order valence-electron chi connectivity index (χ1n) is 6.17. The predicted octanol–water partition coefficient (Wildman–Crippen LogP) is 2.20. The molecule has 96 valence electrons. The maximum Gasteiger partial charge on any atom is 0.0631 e. The molecule has 16 heavy (non-hydrogen) atoms. The Morgan fingerprint density at radius 1 is 1.19 bits per heavy atom. The molecule has 1 aliphatic heterocycles. The summed E-state index contributed by atoms with van der Waals surface area (Å²) in [4.78, 5) is 0. The second-order valence-corrected chi connectivity index (χ2v) is 6.72. The zero-order valence-electron chi connectivity index (χ0n) is 11.6. The van der Waals surface area contributed by atoms with E-state index in [2.05, 4.69) is 46.9 Å². The lowest BCUT2D eigenvalue weighted by Crippen LogP contribution is -2.55. The first kappa shape index (κ1) is 13.9. The normalized spacial score (nSPS) is 20.6. The highest BCUT2D eigenvalue weighted by Crippen LogP contribution is 2.19. The zero-order valence-corrected chi connectivity index (χ0v) is 11.6. The molecule has 1 N–H and O–H groups in total. The van der Waals surface area contributed by atoms with Crippen LogP contribution in [-0.2, 0) is 9.47 Å². The van der Waals surface area contributed by atoms with Crippen molar-refractivity contribution >= 4 is 0 Å². The van der Waals surface area contributed by atoms with E-state index < -0.39 is 0 Å². The average Bonchev–Trinajstić information content (AvgIpc) is 1.92. The fourth-order valence-corrected chi connectivity index (χ4v) is 1.68. The summed E-state index contributed by atoms with van der Waals surface area (Å²) in [6, 6.07) is 0.396. The summed E-state index contributed by atoms with van der Waals surface area (Å²) < 4.78 is 11.1. The standard InChI is InChI=1S/C13H27NO2/c1-12(2,3)14-11(10-7-15-8-10)9-16-13(4,5)6/h10-11,14H,7-9H2,1-6H3. The predicted molar refractivity (Wildman–Crippen MR) is 66.7 cm³/mol. The van der Waals surface area contributed by atoms with Gasteiger partial charge in [-0.15, -0.1) is 0 Å². The second kappa shape index (κ2) is 5.03. The Morgan fingerprint density at radius 3 is 2.06 bits per heavy atom. The van der Waals surface area contributed by atoms with Crippen LogP contribution in [0.2, 0.25) is 0 Å². The van der Waals surface area contributed by atoms with Crippen LogP contribution in [-0.4, -0.2) is 37.0 Å². The van der Waals surface area contributed by atoms with Crippen molar-refractivity contribution in [1.29, 1.82) is 0 Å². The molecule has 1 saturated heterocycles. The van der Waals surface area contributed by atoms with Crippen LogP contribution in [0.3, 0.4) is 0 Å². The van der Waals surface area contributed by atoms with Gasteiger partial charge in [-0.2, -0.15) is 0 Å². The quantitative estimate of drug-likeness (QED) is 0.801. The molecule has 3 nitrogen and oxygen atoms in total. The van der Waals surface area contributed by atoms with E-state index in [9.17, 15) is 0 Å². The van der Waals surface area contributed by atoms with Crippen molar-refractivity contribution in [3.8, 4) is 0 Å². The number of nitrogens with one attached hydrogen (secondary N) is 1. The lowest BCUT2D eigenvalue weighted by molar-refractivity contribution is -0.0881. The summed E-state index contributed by atoms with van der Waals surface area (Å²) in [7, 11) is 0. The van der Waals surface area contributed by atoms with Crippen LogP contribution in [0.4, 0.5) is 0 Å². The fraction of sp³-hybridized carbons (Fsp3) is 1.00. The number of hydrogen-bond acceptors (Lipinski definition) is 3. The lowest BCUT2D eigenvalue weighted by atomic mass is 9.95. The van der Waals surface area contributed by atoms with Crippen LogP contribution in [0.5, 0.6) is 0 Å². The van der Waals surface area contributed by atoms with Crippen molar-refractivity contribution in [1.82, 2.24) is 5.32 Å². The molecule has 1 atom stereocenters. The molecule has 1 aliphatic rings. The van der Waals surface area contributed by atoms with Crippen molar-refractivity contribution in [2.24, 2.45) is 5.92 Å². The molecule has 1 heterocycles. The van der Waals surface area contributed by atoms with E-state index in [0.29, 0.717) is 12.0 Å². The summed E-state index contributed by atoms with van der Waals surface area (Å²) in [6.07, 6.45) is 0. The minimum absolute atomic E-state index is 0.0670. The molecular weight excluding hydrogens is 202 g/mol. The highest BCUT2D eigenvalue weighted by atomic mass is 16.5. The molecule has 0 aromatic rings. The Bertz CT molecular complexity index is 211. The van der Waals surface area contributed by atoms with Crippen molar-refractivity contribution in [3.05, 3.63) is 0 Å². The van der Waals surface area contributed by atoms with Gasteiger partial charge in [-0.05, 0) is 41.5 Å². The van der Waals surface area contributed by atoms with Gasteiger partial charge < -0.3 is 14.8 Å². The van der Waals surface area contributed by atoms with Crippen molar-refractivity contribution in [3.63, 3.8) is 0 Å². The Morgan fingerprint density at radius 2 is 1.75 bits per heavy atom. The van der Waals surface area contributed by atoms with E-state index in [0.717, 1.165) is 19.8 Å². The van der Waals surface area contributed by atoms with E-state index in [4.69, 9.17) is 9.47 Å². The molecule has 0 spiro atoms. The molecule has 1 unspecified atom stereocenters. The first-order chi connectivity index (χ1) is 7.17. The van der Waals surface area contributed by atoms with Crippen molar-refractivity contribution in [2.75, 3.05) is 19.8 Å². The monoisotopic (exact) mass is 229 g/mol. The summed E-state index contributed by atoms with van der Waals surface area (Å²) in [5.74, 6) is 0.599. The van der Waals surface area contributed by atoms with Gasteiger partial charge in [0.1, 0.15) is 0 Å². The molecule has 0 bridgehead atoms. The molecular formula is C13H27NO2. The summed E-state index contributed by atoms with van der Waals surface area (Å²) in [6.45, 7) is 15.3. The fourth-order valence-electron chi connectivity index (χ4n) is 1.68. The van der Waals surface area contributed by atoms with Crippen LogP contribution in [0.1, 0.15) is 41.5 Å². The molecule has 0 aromatic heterocycles. The van der Waals surface area contributed by atoms with Gasteiger partial charge in [0.15, 0.2) is 0 Å². The van der Waals surface area contributed by atoms with Gasteiger partial charge in [0.2, 0.25) is 0 Å². The third kappa shape index (κ3) is 5.28. The van der Waals surface area contributed by atoms with E-state index in [1.165, 1.54) is 0 Å². The van der Waals surface area contributed by atoms with Gasteiger partial charge in [0.05, 0.1) is 25.4 Å². The highest BCUT2D eigenvalue weighted by molar-refractivity contribution is 4.86. The van der Waals surface area contributed by atoms with Crippen molar-refractivity contribution < 1.29 is 9.47 Å². The minimum Gasteiger partial charge on any atom is -0.381 e. The van der Waals surface area contributed by atoms with Crippen LogP contribution in [0, 0.1) is 5.92 Å². The van der Waals surface area contributed by atoms with Gasteiger partial charge >= 0.3 is 0 Å². The van der Waals surface area contributed by atoms with E-state index >= 15 is 0 Å². The van der Waals surface area contributed by atoms with E-state index in [1.807, 2.05) is 0 Å². The molecule has 3 heteroatoms. The van der Waals surface area contributed by atoms with Crippen LogP contribution in [0.15, 0.2) is 0 Å². The smallest absolute Gasteiger partial charge is 0.0631 e. The molecule has 0 aromatic carbocycles. The first-order valence-corrected chi connectivity index (χ1v) is 6.17.